The number of carbonyl (C=O) groups is 1. The summed E-state index contributed by atoms with van der Waals surface area (Å²) in [6.07, 6.45) is 1.74. The summed E-state index contributed by atoms with van der Waals surface area (Å²) in [4.78, 5) is 10.8. The molecular formula is C11H9ClOS. The highest BCUT2D eigenvalue weighted by atomic mass is 35.5. The zero-order valence-electron chi connectivity index (χ0n) is 7.71. The molecule has 0 atom stereocenters. The van der Waals surface area contributed by atoms with Crippen molar-refractivity contribution in [3.05, 3.63) is 33.7 Å². The molecule has 1 aromatic carbocycles. The van der Waals surface area contributed by atoms with Crippen LogP contribution in [-0.2, 0) is 6.42 Å². The first-order valence-electron chi connectivity index (χ1n) is 4.41. The Morgan fingerprint density at radius 2 is 2.36 bits per heavy atom. The summed E-state index contributed by atoms with van der Waals surface area (Å²) in [7, 11) is 0. The summed E-state index contributed by atoms with van der Waals surface area (Å²) in [5, 5.41) is 3.73. The van der Waals surface area contributed by atoms with Crippen LogP contribution in [0.1, 0.15) is 22.8 Å². The lowest BCUT2D eigenvalue weighted by Gasteiger charge is -2.04. The van der Waals surface area contributed by atoms with E-state index in [9.17, 15) is 4.79 Å². The summed E-state index contributed by atoms with van der Waals surface area (Å²) in [5.74, 6) is 0. The van der Waals surface area contributed by atoms with E-state index in [1.807, 2.05) is 11.4 Å². The molecule has 2 rings (SSSR count). The van der Waals surface area contributed by atoms with Crippen LogP contribution in [-0.4, -0.2) is 6.29 Å². The minimum absolute atomic E-state index is 0.667. The molecule has 0 aliphatic heterocycles. The van der Waals surface area contributed by atoms with Crippen LogP contribution >= 0.6 is 22.9 Å². The van der Waals surface area contributed by atoms with Gasteiger partial charge in [0.15, 0.2) is 0 Å². The van der Waals surface area contributed by atoms with Gasteiger partial charge in [0.2, 0.25) is 0 Å². The number of rotatable bonds is 2. The second kappa shape index (κ2) is 3.71. The van der Waals surface area contributed by atoms with Crippen LogP contribution in [0, 0.1) is 0 Å². The smallest absolute Gasteiger partial charge is 0.150 e. The zero-order valence-corrected chi connectivity index (χ0v) is 9.28. The summed E-state index contributed by atoms with van der Waals surface area (Å²) >= 11 is 7.70. The standard InChI is InChI=1S/C11H9ClOS/c1-2-8-7(6-13)5-10(12)9-3-4-14-11(8)9/h3-6H,2H2,1H3. The molecule has 1 heterocycles. The number of hydrogen-bond acceptors (Lipinski definition) is 2. The van der Waals surface area contributed by atoms with E-state index in [1.165, 1.54) is 0 Å². The van der Waals surface area contributed by atoms with E-state index >= 15 is 0 Å². The second-order valence-electron chi connectivity index (χ2n) is 3.06. The van der Waals surface area contributed by atoms with Gasteiger partial charge in [0.25, 0.3) is 0 Å². The van der Waals surface area contributed by atoms with E-state index < -0.39 is 0 Å². The zero-order chi connectivity index (χ0) is 10.1. The molecule has 0 spiro atoms. The summed E-state index contributed by atoms with van der Waals surface area (Å²) < 4.78 is 1.14. The van der Waals surface area contributed by atoms with E-state index in [4.69, 9.17) is 11.6 Å². The largest absolute Gasteiger partial charge is 0.298 e. The molecule has 0 bridgehead atoms. The molecule has 0 amide bonds. The average Bonchev–Trinajstić information content (AvgIpc) is 2.66. The Morgan fingerprint density at radius 3 is 3.00 bits per heavy atom. The van der Waals surface area contributed by atoms with E-state index in [2.05, 4.69) is 6.92 Å². The van der Waals surface area contributed by atoms with Crippen molar-refractivity contribution in [3.63, 3.8) is 0 Å². The quantitative estimate of drug-likeness (QED) is 0.707. The molecule has 0 unspecified atom stereocenters. The van der Waals surface area contributed by atoms with Crippen molar-refractivity contribution in [2.24, 2.45) is 0 Å². The summed E-state index contributed by atoms with van der Waals surface area (Å²) in [6.45, 7) is 2.05. The predicted octanol–water partition coefficient (Wildman–Crippen LogP) is 3.93. The lowest BCUT2D eigenvalue weighted by molar-refractivity contribution is 0.112. The highest BCUT2D eigenvalue weighted by Gasteiger charge is 2.10. The molecule has 0 aliphatic rings. The van der Waals surface area contributed by atoms with Gasteiger partial charge in [-0.15, -0.1) is 11.3 Å². The van der Waals surface area contributed by atoms with Gasteiger partial charge in [-0.05, 0) is 29.5 Å². The Morgan fingerprint density at radius 1 is 1.57 bits per heavy atom. The molecular weight excluding hydrogens is 216 g/mol. The van der Waals surface area contributed by atoms with Gasteiger partial charge in [0, 0.05) is 20.7 Å². The Bertz CT molecular complexity index is 487. The fraction of sp³-hybridized carbons (Fsp3) is 0.182. The molecule has 0 aliphatic carbocycles. The first-order valence-corrected chi connectivity index (χ1v) is 5.67. The SMILES string of the molecule is CCc1c(C=O)cc(Cl)c2ccsc12. The Labute approximate surface area is 91.3 Å². The first kappa shape index (κ1) is 9.69. The van der Waals surface area contributed by atoms with Crippen molar-refractivity contribution in [2.75, 3.05) is 0 Å². The number of aldehydes is 1. The van der Waals surface area contributed by atoms with Gasteiger partial charge in [-0.2, -0.15) is 0 Å². The number of carbonyl (C=O) groups excluding carboxylic acids is 1. The number of hydrogen-bond donors (Lipinski definition) is 0. The number of halogens is 1. The monoisotopic (exact) mass is 224 g/mol. The van der Waals surface area contributed by atoms with Gasteiger partial charge in [0.1, 0.15) is 6.29 Å². The summed E-state index contributed by atoms with van der Waals surface area (Å²) in [6, 6.07) is 3.75. The second-order valence-corrected chi connectivity index (χ2v) is 4.38. The first-order chi connectivity index (χ1) is 6.77. The van der Waals surface area contributed by atoms with Gasteiger partial charge < -0.3 is 0 Å². The van der Waals surface area contributed by atoms with Crippen molar-refractivity contribution in [2.45, 2.75) is 13.3 Å². The van der Waals surface area contributed by atoms with Crippen molar-refractivity contribution in [1.29, 1.82) is 0 Å². The van der Waals surface area contributed by atoms with E-state index in [-0.39, 0.29) is 0 Å². The highest BCUT2D eigenvalue weighted by molar-refractivity contribution is 7.17. The van der Waals surface area contributed by atoms with Crippen LogP contribution in [0.3, 0.4) is 0 Å². The molecule has 3 heteroatoms. The third kappa shape index (κ3) is 1.35. The van der Waals surface area contributed by atoms with Crippen LogP contribution in [0.25, 0.3) is 10.1 Å². The van der Waals surface area contributed by atoms with Crippen LogP contribution in [0.15, 0.2) is 17.5 Å². The van der Waals surface area contributed by atoms with Gasteiger partial charge >= 0.3 is 0 Å². The van der Waals surface area contributed by atoms with Crippen LogP contribution in [0.4, 0.5) is 0 Å². The maximum absolute atomic E-state index is 10.8. The average molecular weight is 225 g/mol. The van der Waals surface area contributed by atoms with Crippen LogP contribution in [0.2, 0.25) is 5.02 Å². The molecule has 0 saturated heterocycles. The molecule has 14 heavy (non-hydrogen) atoms. The maximum Gasteiger partial charge on any atom is 0.150 e. The van der Waals surface area contributed by atoms with Gasteiger partial charge in [0.05, 0.1) is 0 Å². The Kier molecular flexibility index (Phi) is 2.57. The summed E-state index contributed by atoms with van der Waals surface area (Å²) in [5.41, 5.74) is 1.82. The van der Waals surface area contributed by atoms with Crippen molar-refractivity contribution < 1.29 is 4.79 Å². The van der Waals surface area contributed by atoms with Gasteiger partial charge in [-0.3, -0.25) is 4.79 Å². The lowest BCUT2D eigenvalue weighted by Crippen LogP contribution is -1.91. The predicted molar refractivity (Wildman–Crippen MR) is 61.6 cm³/mol. The van der Waals surface area contributed by atoms with Crippen molar-refractivity contribution >= 4 is 39.3 Å². The van der Waals surface area contributed by atoms with Gasteiger partial charge in [-0.25, -0.2) is 0 Å². The highest BCUT2D eigenvalue weighted by Crippen LogP contribution is 2.33. The maximum atomic E-state index is 10.8. The molecule has 1 nitrogen and oxygen atoms in total. The van der Waals surface area contributed by atoms with Crippen LogP contribution < -0.4 is 0 Å². The molecule has 2 aromatic rings. The fourth-order valence-electron chi connectivity index (χ4n) is 1.63. The van der Waals surface area contributed by atoms with E-state index in [0.29, 0.717) is 10.6 Å². The molecule has 0 saturated carbocycles. The van der Waals surface area contributed by atoms with E-state index in [1.54, 1.807) is 17.4 Å². The fourth-order valence-corrected chi connectivity index (χ4v) is 3.01. The molecule has 72 valence electrons. The van der Waals surface area contributed by atoms with Gasteiger partial charge in [-0.1, -0.05) is 18.5 Å². The minimum atomic E-state index is 0.667. The number of fused-ring (bicyclic) bond motifs is 1. The van der Waals surface area contributed by atoms with Crippen molar-refractivity contribution in [3.8, 4) is 0 Å². The molecule has 1 aromatic heterocycles. The lowest BCUT2D eigenvalue weighted by atomic mass is 10.0. The molecule has 0 radical (unpaired) electrons. The number of benzene rings is 1. The Hall–Kier alpha value is -0.860. The molecule has 0 fully saturated rings. The van der Waals surface area contributed by atoms with Crippen molar-refractivity contribution in [1.82, 2.24) is 0 Å². The third-order valence-electron chi connectivity index (χ3n) is 2.31. The third-order valence-corrected chi connectivity index (χ3v) is 3.59. The normalized spacial score (nSPS) is 10.7. The van der Waals surface area contributed by atoms with E-state index in [0.717, 1.165) is 28.4 Å². The number of thiophene rings is 1. The van der Waals surface area contributed by atoms with Crippen LogP contribution in [0.5, 0.6) is 0 Å². The number of aryl methyl sites for hydroxylation is 1. The minimum Gasteiger partial charge on any atom is -0.298 e. The Balaban J connectivity index is 2.88. The topological polar surface area (TPSA) is 17.1 Å². The molecule has 0 N–H and O–H groups in total.